The van der Waals surface area contributed by atoms with E-state index >= 15 is 0 Å². The second kappa shape index (κ2) is 10.5. The highest BCUT2D eigenvalue weighted by Crippen LogP contribution is 2.32. The molecule has 4 rings (SSSR count). The molecular formula is C24H25ClFN3O3S. The fourth-order valence-electron chi connectivity index (χ4n) is 3.86. The summed E-state index contributed by atoms with van der Waals surface area (Å²) in [7, 11) is 0.361. The number of ether oxygens (including phenoxy) is 2. The number of methoxy groups -OCH3 is 1. The number of benzene rings is 2. The molecule has 0 aliphatic carbocycles. The minimum atomic E-state index is -1.17. The van der Waals surface area contributed by atoms with Crippen LogP contribution >= 0.6 is 11.6 Å². The number of hydrogen-bond donors (Lipinski definition) is 0. The molecule has 0 N–H and O–H groups in total. The maximum absolute atomic E-state index is 14.8. The van der Waals surface area contributed by atoms with Gasteiger partial charge in [0, 0.05) is 19.3 Å². The van der Waals surface area contributed by atoms with Gasteiger partial charge in [-0.2, -0.15) is 0 Å². The van der Waals surface area contributed by atoms with E-state index in [0.29, 0.717) is 39.7 Å². The molecule has 1 aliphatic rings. The summed E-state index contributed by atoms with van der Waals surface area (Å²) in [6.45, 7) is 2.09. The molecule has 0 radical (unpaired) electrons. The second-order valence-electron chi connectivity index (χ2n) is 7.91. The third-order valence-corrected chi connectivity index (χ3v) is 6.87. The van der Waals surface area contributed by atoms with Crippen molar-refractivity contribution in [3.8, 4) is 22.6 Å². The molecule has 0 saturated carbocycles. The second-order valence-corrected chi connectivity index (χ2v) is 9.69. The van der Waals surface area contributed by atoms with Crippen LogP contribution in [0.3, 0.4) is 0 Å². The minimum Gasteiger partial charge on any atom is -0.495 e. The van der Waals surface area contributed by atoms with Crippen LogP contribution in [0.5, 0.6) is 11.5 Å². The first kappa shape index (κ1) is 23.4. The lowest BCUT2D eigenvalue weighted by Crippen LogP contribution is -2.36. The fraction of sp³-hybridized carbons (Fsp3) is 0.333. The Bertz CT molecular complexity index is 1140. The maximum Gasteiger partial charge on any atom is 0.225 e. The van der Waals surface area contributed by atoms with Gasteiger partial charge in [0.05, 0.1) is 46.8 Å². The number of rotatable bonds is 7. The van der Waals surface area contributed by atoms with E-state index in [-0.39, 0.29) is 5.75 Å². The minimum absolute atomic E-state index is 0.237. The van der Waals surface area contributed by atoms with Gasteiger partial charge in [0.25, 0.3) is 0 Å². The molecule has 3 aromatic rings. The van der Waals surface area contributed by atoms with Crippen LogP contribution in [0.1, 0.15) is 12.8 Å². The molecular weight excluding hydrogens is 465 g/mol. The predicted molar refractivity (Wildman–Crippen MR) is 128 cm³/mol. The molecule has 1 aliphatic heterocycles. The van der Waals surface area contributed by atoms with Crippen molar-refractivity contribution < 1.29 is 18.1 Å². The van der Waals surface area contributed by atoms with Crippen LogP contribution in [-0.4, -0.2) is 47.2 Å². The Morgan fingerprint density at radius 2 is 1.76 bits per heavy atom. The molecule has 2 heterocycles. The van der Waals surface area contributed by atoms with Crippen molar-refractivity contribution in [2.75, 3.05) is 38.0 Å². The van der Waals surface area contributed by atoms with Crippen LogP contribution in [-0.2, 0) is 10.8 Å². The summed E-state index contributed by atoms with van der Waals surface area (Å²) in [4.78, 5) is 11.3. The number of hydrogen-bond acceptors (Lipinski definition) is 6. The molecule has 1 atom stereocenters. The van der Waals surface area contributed by atoms with Crippen LogP contribution in [0, 0.1) is 11.7 Å². The molecule has 6 nitrogen and oxygen atoms in total. The maximum atomic E-state index is 14.8. The van der Waals surface area contributed by atoms with E-state index in [1.54, 1.807) is 36.8 Å². The lowest BCUT2D eigenvalue weighted by Gasteiger charge is -2.31. The highest BCUT2D eigenvalue weighted by atomic mass is 35.5. The average molecular weight is 490 g/mol. The lowest BCUT2D eigenvalue weighted by molar-refractivity contribution is 0.215. The van der Waals surface area contributed by atoms with Crippen molar-refractivity contribution in [3.05, 3.63) is 59.6 Å². The molecule has 9 heteroatoms. The van der Waals surface area contributed by atoms with Crippen molar-refractivity contribution >= 4 is 28.3 Å². The number of piperidine rings is 1. The summed E-state index contributed by atoms with van der Waals surface area (Å²) in [6.07, 6.45) is 6.62. The molecule has 33 heavy (non-hydrogen) atoms. The number of aromatic nitrogens is 2. The lowest BCUT2D eigenvalue weighted by atomic mass is 9.98. The van der Waals surface area contributed by atoms with Gasteiger partial charge in [0.1, 0.15) is 5.75 Å². The van der Waals surface area contributed by atoms with E-state index in [9.17, 15) is 8.60 Å². The smallest absolute Gasteiger partial charge is 0.225 e. The third-order valence-electron chi connectivity index (χ3n) is 5.72. The van der Waals surface area contributed by atoms with Crippen LogP contribution in [0.2, 0.25) is 5.02 Å². The molecule has 1 aromatic heterocycles. The summed E-state index contributed by atoms with van der Waals surface area (Å²) < 4.78 is 37.7. The van der Waals surface area contributed by atoms with Crippen LogP contribution in [0.4, 0.5) is 10.3 Å². The standard InChI is InChI=1S/C24H25ClFN3O3S/c1-31-22-12-18(4-6-23(22)33(2)30)17-3-5-21(20(26)11-17)32-15-16-7-9-29(10-8-16)24-27-13-19(25)14-28-24/h3-6,11-14,16H,7-10,15H2,1-2H3/t33-/m0/s1. The molecule has 1 fully saturated rings. The Labute approximate surface area is 200 Å². The van der Waals surface area contributed by atoms with Gasteiger partial charge in [0.2, 0.25) is 5.95 Å². The molecule has 0 amide bonds. The Morgan fingerprint density at radius 3 is 2.39 bits per heavy atom. The van der Waals surface area contributed by atoms with Crippen molar-refractivity contribution in [2.45, 2.75) is 17.7 Å². The van der Waals surface area contributed by atoms with Gasteiger partial charge < -0.3 is 14.4 Å². The highest BCUT2D eigenvalue weighted by Gasteiger charge is 2.22. The Kier molecular flexibility index (Phi) is 7.45. The van der Waals surface area contributed by atoms with Crippen molar-refractivity contribution in [2.24, 2.45) is 5.92 Å². The molecule has 0 bridgehead atoms. The van der Waals surface area contributed by atoms with Crippen molar-refractivity contribution in [1.82, 2.24) is 9.97 Å². The summed E-state index contributed by atoms with van der Waals surface area (Å²) >= 11 is 5.85. The third kappa shape index (κ3) is 5.62. The summed E-state index contributed by atoms with van der Waals surface area (Å²) in [5.74, 6) is 1.35. The van der Waals surface area contributed by atoms with Gasteiger partial charge in [0.15, 0.2) is 11.6 Å². The summed E-state index contributed by atoms with van der Waals surface area (Å²) in [5.41, 5.74) is 1.48. The summed E-state index contributed by atoms with van der Waals surface area (Å²) in [5, 5.41) is 0.517. The predicted octanol–water partition coefficient (Wildman–Crippen LogP) is 4.98. The monoisotopic (exact) mass is 489 g/mol. The topological polar surface area (TPSA) is 64.6 Å². The first-order valence-corrected chi connectivity index (χ1v) is 12.5. The zero-order valence-corrected chi connectivity index (χ0v) is 20.0. The number of halogens is 2. The van der Waals surface area contributed by atoms with Crippen LogP contribution in [0.25, 0.3) is 11.1 Å². The Balaban J connectivity index is 1.36. The SMILES string of the molecule is COc1cc(-c2ccc(OCC3CCN(c4ncc(Cl)cn4)CC3)c(F)c2)ccc1[S@](C)=O. The van der Waals surface area contributed by atoms with E-state index in [1.165, 1.54) is 13.2 Å². The normalized spacial score (nSPS) is 15.3. The molecule has 0 spiro atoms. The van der Waals surface area contributed by atoms with Gasteiger partial charge in [-0.05, 0) is 54.2 Å². The number of anilines is 1. The van der Waals surface area contributed by atoms with Crippen molar-refractivity contribution in [3.63, 3.8) is 0 Å². The van der Waals surface area contributed by atoms with Gasteiger partial charge in [-0.3, -0.25) is 4.21 Å². The van der Waals surface area contributed by atoms with Gasteiger partial charge >= 0.3 is 0 Å². The zero-order chi connectivity index (χ0) is 23.4. The quantitative estimate of drug-likeness (QED) is 0.466. The zero-order valence-electron chi connectivity index (χ0n) is 18.5. The van der Waals surface area contributed by atoms with Gasteiger partial charge in [-0.1, -0.05) is 23.7 Å². The van der Waals surface area contributed by atoms with E-state index in [1.807, 2.05) is 12.1 Å². The van der Waals surface area contributed by atoms with E-state index in [2.05, 4.69) is 14.9 Å². The highest BCUT2D eigenvalue weighted by molar-refractivity contribution is 7.84. The average Bonchev–Trinajstić information content (AvgIpc) is 2.83. The number of nitrogens with zero attached hydrogens (tertiary/aromatic N) is 3. The fourth-order valence-corrected chi connectivity index (χ4v) is 4.64. The first-order chi connectivity index (χ1) is 15.9. The Hall–Kier alpha value is -2.71. The van der Waals surface area contributed by atoms with E-state index < -0.39 is 16.6 Å². The van der Waals surface area contributed by atoms with Gasteiger partial charge in [-0.15, -0.1) is 0 Å². The molecule has 1 saturated heterocycles. The molecule has 0 unspecified atom stereocenters. The Morgan fingerprint density at radius 1 is 1.09 bits per heavy atom. The first-order valence-electron chi connectivity index (χ1n) is 10.6. The van der Waals surface area contributed by atoms with E-state index in [4.69, 9.17) is 21.1 Å². The van der Waals surface area contributed by atoms with Crippen LogP contribution in [0.15, 0.2) is 53.7 Å². The van der Waals surface area contributed by atoms with Crippen LogP contribution < -0.4 is 14.4 Å². The molecule has 2 aromatic carbocycles. The van der Waals surface area contributed by atoms with Crippen molar-refractivity contribution in [1.29, 1.82) is 0 Å². The van der Waals surface area contributed by atoms with E-state index in [0.717, 1.165) is 31.5 Å². The van der Waals surface area contributed by atoms with Gasteiger partial charge in [-0.25, -0.2) is 14.4 Å². The summed E-state index contributed by atoms with van der Waals surface area (Å²) in [6, 6.07) is 10.2. The largest absolute Gasteiger partial charge is 0.495 e. The molecule has 174 valence electrons.